The third-order valence-electron chi connectivity index (χ3n) is 3.75. The molecule has 1 aliphatic rings. The number of hydrogen-bond donors (Lipinski definition) is 0. The minimum absolute atomic E-state index is 0.223. The predicted octanol–water partition coefficient (Wildman–Crippen LogP) is 4.80. The molecule has 1 aliphatic heterocycles. The molecule has 3 rings (SSSR count). The molecule has 0 radical (unpaired) electrons. The van der Waals surface area contributed by atoms with Crippen LogP contribution in [0.1, 0.15) is 16.5 Å². The van der Waals surface area contributed by atoms with E-state index in [0.717, 1.165) is 12.1 Å². The fraction of sp³-hybridized carbons (Fsp3) is 0.250. The molecule has 3 nitrogen and oxygen atoms in total. The Morgan fingerprint density at radius 1 is 1.12 bits per heavy atom. The largest absolute Gasteiger partial charge is 0.416 e. The second kappa shape index (κ2) is 6.83. The van der Waals surface area contributed by atoms with E-state index in [0.29, 0.717) is 22.4 Å². The Bertz CT molecular complexity index is 887. The molecule has 0 spiro atoms. The Balaban J connectivity index is 1.99. The maximum atomic E-state index is 12.9. The van der Waals surface area contributed by atoms with Crippen molar-refractivity contribution >= 4 is 33.4 Å². The van der Waals surface area contributed by atoms with Gasteiger partial charge in [-0.1, -0.05) is 29.8 Å². The monoisotopic (exact) mass is 407 g/mol. The van der Waals surface area contributed by atoms with Crippen LogP contribution in [-0.4, -0.2) is 25.0 Å². The second-order valence-corrected chi connectivity index (χ2v) is 8.93. The molecule has 25 heavy (non-hydrogen) atoms. The summed E-state index contributed by atoms with van der Waals surface area (Å²) in [6, 6.07) is 10.6. The molecule has 1 atom stereocenters. The molecular weight excluding hydrogens is 395 g/mol. The number of sulfonamides is 1. The summed E-state index contributed by atoms with van der Waals surface area (Å²) in [5.41, 5.74) is -0.287. The normalized spacial score (nSPS) is 19.3. The summed E-state index contributed by atoms with van der Waals surface area (Å²) in [7, 11) is -4.06. The third-order valence-corrected chi connectivity index (χ3v) is 7.24. The van der Waals surface area contributed by atoms with Crippen LogP contribution in [0.15, 0.2) is 53.4 Å². The van der Waals surface area contributed by atoms with E-state index >= 15 is 0 Å². The van der Waals surface area contributed by atoms with Gasteiger partial charge >= 0.3 is 6.18 Å². The first-order valence-corrected chi connectivity index (χ1v) is 10.1. The smallest absolute Gasteiger partial charge is 0.207 e. The highest BCUT2D eigenvalue weighted by molar-refractivity contribution is 8.01. The van der Waals surface area contributed by atoms with Gasteiger partial charge in [0.25, 0.3) is 0 Å². The molecule has 0 amide bonds. The van der Waals surface area contributed by atoms with Crippen molar-refractivity contribution < 1.29 is 21.6 Å². The molecule has 0 aromatic heterocycles. The van der Waals surface area contributed by atoms with Crippen molar-refractivity contribution in [3.63, 3.8) is 0 Å². The average Bonchev–Trinajstić information content (AvgIpc) is 3.05. The van der Waals surface area contributed by atoms with Gasteiger partial charge in [-0.25, -0.2) is 8.42 Å². The van der Waals surface area contributed by atoms with Crippen LogP contribution in [0.4, 0.5) is 13.2 Å². The minimum Gasteiger partial charge on any atom is -0.207 e. The summed E-state index contributed by atoms with van der Waals surface area (Å²) in [6.07, 6.45) is -4.60. The summed E-state index contributed by atoms with van der Waals surface area (Å²) in [6.45, 7) is 0.223. The van der Waals surface area contributed by atoms with Crippen LogP contribution in [-0.2, 0) is 16.2 Å². The molecule has 0 bridgehead atoms. The zero-order chi connectivity index (χ0) is 18.2. The van der Waals surface area contributed by atoms with E-state index in [4.69, 9.17) is 11.6 Å². The second-order valence-electron chi connectivity index (χ2n) is 5.42. The molecular formula is C16H13ClF3NO2S2. The van der Waals surface area contributed by atoms with Crippen molar-refractivity contribution in [3.05, 3.63) is 64.7 Å². The van der Waals surface area contributed by atoms with Crippen molar-refractivity contribution in [1.82, 2.24) is 4.31 Å². The van der Waals surface area contributed by atoms with Crippen LogP contribution in [0, 0.1) is 0 Å². The van der Waals surface area contributed by atoms with E-state index in [1.165, 1.54) is 22.1 Å². The first-order valence-electron chi connectivity index (χ1n) is 7.26. The number of nitrogens with zero attached hydrogens (tertiary/aromatic N) is 1. The van der Waals surface area contributed by atoms with E-state index in [2.05, 4.69) is 0 Å². The summed E-state index contributed by atoms with van der Waals surface area (Å²) in [4.78, 5) is -0.364. The first-order chi connectivity index (χ1) is 11.7. The summed E-state index contributed by atoms with van der Waals surface area (Å²) in [5, 5.41) is -0.0420. The molecule has 1 heterocycles. The van der Waals surface area contributed by atoms with E-state index in [1.54, 1.807) is 24.3 Å². The fourth-order valence-electron chi connectivity index (χ4n) is 2.59. The van der Waals surface area contributed by atoms with E-state index in [-0.39, 0.29) is 11.4 Å². The van der Waals surface area contributed by atoms with Crippen LogP contribution >= 0.6 is 23.4 Å². The van der Waals surface area contributed by atoms with E-state index in [1.807, 2.05) is 0 Å². The Morgan fingerprint density at radius 3 is 2.52 bits per heavy atom. The van der Waals surface area contributed by atoms with Gasteiger partial charge in [-0.15, -0.1) is 11.8 Å². The van der Waals surface area contributed by atoms with E-state index in [9.17, 15) is 21.6 Å². The molecule has 9 heteroatoms. The van der Waals surface area contributed by atoms with Gasteiger partial charge in [0.15, 0.2) is 0 Å². The van der Waals surface area contributed by atoms with Crippen LogP contribution in [0.2, 0.25) is 5.02 Å². The quantitative estimate of drug-likeness (QED) is 0.733. The number of rotatable bonds is 3. The number of alkyl halides is 3. The SMILES string of the molecule is O=S(=O)(c1cccc(C(F)(F)F)c1)N1CCSC1c1cccc(Cl)c1. The van der Waals surface area contributed by atoms with Crippen LogP contribution in [0.25, 0.3) is 0 Å². The Morgan fingerprint density at radius 2 is 1.84 bits per heavy atom. The lowest BCUT2D eigenvalue weighted by molar-refractivity contribution is -0.137. The lowest BCUT2D eigenvalue weighted by Crippen LogP contribution is -2.30. The van der Waals surface area contributed by atoms with Crippen molar-refractivity contribution in [2.45, 2.75) is 16.4 Å². The van der Waals surface area contributed by atoms with Crippen molar-refractivity contribution in [2.75, 3.05) is 12.3 Å². The Kier molecular flexibility index (Phi) is 5.07. The molecule has 1 unspecified atom stereocenters. The zero-order valence-electron chi connectivity index (χ0n) is 12.7. The summed E-state index contributed by atoms with van der Waals surface area (Å²) < 4.78 is 65.7. The molecule has 2 aromatic rings. The molecule has 1 saturated heterocycles. The van der Waals surface area contributed by atoms with Gasteiger partial charge in [-0.3, -0.25) is 0 Å². The van der Waals surface area contributed by atoms with Gasteiger partial charge in [0, 0.05) is 17.3 Å². The Labute approximate surface area is 152 Å². The van der Waals surface area contributed by atoms with Gasteiger partial charge in [0.2, 0.25) is 10.0 Å². The van der Waals surface area contributed by atoms with Gasteiger partial charge in [0.05, 0.1) is 15.8 Å². The highest BCUT2D eigenvalue weighted by Crippen LogP contribution is 2.42. The number of hydrogen-bond acceptors (Lipinski definition) is 3. The molecule has 134 valence electrons. The van der Waals surface area contributed by atoms with Crippen LogP contribution in [0.5, 0.6) is 0 Å². The van der Waals surface area contributed by atoms with E-state index < -0.39 is 27.1 Å². The third kappa shape index (κ3) is 3.81. The fourth-order valence-corrected chi connectivity index (χ4v) is 6.07. The lowest BCUT2D eigenvalue weighted by atomic mass is 10.2. The first kappa shape index (κ1) is 18.6. The summed E-state index contributed by atoms with van der Waals surface area (Å²) in [5.74, 6) is 0.551. The maximum absolute atomic E-state index is 12.9. The molecule has 0 saturated carbocycles. The van der Waals surface area contributed by atoms with Gasteiger partial charge in [0.1, 0.15) is 0 Å². The highest BCUT2D eigenvalue weighted by atomic mass is 35.5. The Hall–Kier alpha value is -1.22. The number of halogens is 4. The average molecular weight is 408 g/mol. The predicted molar refractivity (Wildman–Crippen MR) is 92.0 cm³/mol. The topological polar surface area (TPSA) is 37.4 Å². The van der Waals surface area contributed by atoms with Crippen molar-refractivity contribution in [1.29, 1.82) is 0 Å². The van der Waals surface area contributed by atoms with Crippen molar-refractivity contribution in [2.24, 2.45) is 0 Å². The van der Waals surface area contributed by atoms with Crippen molar-refractivity contribution in [3.8, 4) is 0 Å². The number of benzene rings is 2. The molecule has 0 N–H and O–H groups in total. The zero-order valence-corrected chi connectivity index (χ0v) is 15.1. The molecule has 0 aliphatic carbocycles. The van der Waals surface area contributed by atoms with Gasteiger partial charge in [-0.05, 0) is 35.9 Å². The van der Waals surface area contributed by atoms with Crippen LogP contribution in [0.3, 0.4) is 0 Å². The standard InChI is InChI=1S/C16H13ClF3NO2S2/c17-13-5-1-3-11(9-13)15-21(7-8-24-15)25(22,23)14-6-2-4-12(10-14)16(18,19)20/h1-6,9-10,15H,7-8H2. The summed E-state index contributed by atoms with van der Waals surface area (Å²) >= 11 is 7.38. The van der Waals surface area contributed by atoms with Crippen LogP contribution < -0.4 is 0 Å². The lowest BCUT2D eigenvalue weighted by Gasteiger charge is -2.24. The highest BCUT2D eigenvalue weighted by Gasteiger charge is 2.38. The minimum atomic E-state index is -4.60. The molecule has 2 aromatic carbocycles. The molecule has 1 fully saturated rings. The van der Waals surface area contributed by atoms with Gasteiger partial charge < -0.3 is 0 Å². The maximum Gasteiger partial charge on any atom is 0.416 e. The van der Waals surface area contributed by atoms with Gasteiger partial charge in [-0.2, -0.15) is 17.5 Å². The number of thioether (sulfide) groups is 1.